The topological polar surface area (TPSA) is 71.1 Å². The molecule has 0 amide bonds. The quantitative estimate of drug-likeness (QED) is 0.0832. The molecule has 1 aliphatic rings. The largest absolute Gasteiger partial charge is 0.490 e. The Morgan fingerprint density at radius 2 is 1.11 bits per heavy atom. The highest BCUT2D eigenvalue weighted by atomic mass is 16.6. The van der Waals surface area contributed by atoms with Crippen LogP contribution in [-0.2, 0) is 24.5 Å². The highest BCUT2D eigenvalue weighted by molar-refractivity contribution is 6.00. The van der Waals surface area contributed by atoms with Crippen LogP contribution in [0.1, 0.15) is 22.3 Å². The Kier molecular flexibility index (Phi) is 8.47. The van der Waals surface area contributed by atoms with Crippen molar-refractivity contribution < 1.29 is 28.5 Å². The number of fused-ring (bicyclic) bond motifs is 5. The van der Waals surface area contributed by atoms with Crippen LogP contribution < -0.4 is 9.47 Å². The average Bonchev–Trinajstić information content (AvgIpc) is 3.40. The molecule has 0 saturated carbocycles. The first-order valence-electron chi connectivity index (χ1n) is 14.7. The third-order valence-corrected chi connectivity index (χ3v) is 8.03. The highest BCUT2D eigenvalue weighted by Gasteiger charge is 2.47. The van der Waals surface area contributed by atoms with E-state index in [0.29, 0.717) is 11.5 Å². The molecule has 6 nitrogen and oxygen atoms in total. The van der Waals surface area contributed by atoms with Gasteiger partial charge in [-0.05, 0) is 68.4 Å². The summed E-state index contributed by atoms with van der Waals surface area (Å²) in [5.41, 5.74) is 6.32. The van der Waals surface area contributed by atoms with E-state index in [2.05, 4.69) is 98.1 Å². The summed E-state index contributed by atoms with van der Waals surface area (Å²) in [4.78, 5) is 22.8. The molecule has 5 aromatic rings. The van der Waals surface area contributed by atoms with Gasteiger partial charge in [0.15, 0.2) is 0 Å². The molecule has 45 heavy (non-hydrogen) atoms. The van der Waals surface area contributed by atoms with Gasteiger partial charge in [0.2, 0.25) is 0 Å². The molecule has 1 aliphatic carbocycles. The molecule has 6 heteroatoms. The Bertz CT molecular complexity index is 1800. The van der Waals surface area contributed by atoms with E-state index in [-0.39, 0.29) is 26.4 Å². The molecule has 0 spiro atoms. The molecule has 0 aliphatic heterocycles. The van der Waals surface area contributed by atoms with Crippen LogP contribution in [-0.4, -0.2) is 38.4 Å². The SMILES string of the molecule is C=CC(=O)OCCOc1ccc(C2(c3ccc(OCCOC(=O)C=C)cc3)c3ccccc3-c3ccc4ccccc4c32)cc1. The van der Waals surface area contributed by atoms with Crippen LogP contribution >= 0.6 is 0 Å². The molecule has 0 N–H and O–H groups in total. The van der Waals surface area contributed by atoms with E-state index in [9.17, 15) is 9.59 Å². The Morgan fingerprint density at radius 3 is 1.69 bits per heavy atom. The molecule has 0 fully saturated rings. The second-order valence-electron chi connectivity index (χ2n) is 10.5. The van der Waals surface area contributed by atoms with Crippen molar-refractivity contribution in [2.24, 2.45) is 0 Å². The lowest BCUT2D eigenvalue weighted by Gasteiger charge is -2.35. The summed E-state index contributed by atoms with van der Waals surface area (Å²) in [5.74, 6) is 0.395. The van der Waals surface area contributed by atoms with Gasteiger partial charge in [0.05, 0.1) is 5.41 Å². The summed E-state index contributed by atoms with van der Waals surface area (Å²) in [6.45, 7) is 7.56. The molecular formula is C39H32O6. The molecule has 0 bridgehead atoms. The predicted octanol–water partition coefficient (Wildman–Crippen LogP) is 7.42. The summed E-state index contributed by atoms with van der Waals surface area (Å²) in [7, 11) is 0. The molecule has 0 radical (unpaired) electrons. The molecule has 5 aromatic carbocycles. The van der Waals surface area contributed by atoms with Crippen LogP contribution in [0.25, 0.3) is 21.9 Å². The monoisotopic (exact) mass is 596 g/mol. The van der Waals surface area contributed by atoms with Gasteiger partial charge in [-0.1, -0.05) is 98.1 Å². The number of benzene rings is 5. The summed E-state index contributed by atoms with van der Waals surface area (Å²) < 4.78 is 21.9. The van der Waals surface area contributed by atoms with Crippen LogP contribution in [0.3, 0.4) is 0 Å². The van der Waals surface area contributed by atoms with Crippen molar-refractivity contribution in [2.45, 2.75) is 5.41 Å². The van der Waals surface area contributed by atoms with Crippen LogP contribution in [0.15, 0.2) is 135 Å². The van der Waals surface area contributed by atoms with E-state index in [1.807, 2.05) is 24.3 Å². The lowest BCUT2D eigenvalue weighted by Crippen LogP contribution is -2.29. The van der Waals surface area contributed by atoms with Crippen LogP contribution in [0.4, 0.5) is 0 Å². The maximum Gasteiger partial charge on any atom is 0.330 e. The number of hydrogen-bond acceptors (Lipinski definition) is 6. The zero-order chi connectivity index (χ0) is 31.2. The van der Waals surface area contributed by atoms with Gasteiger partial charge >= 0.3 is 11.9 Å². The molecule has 0 aromatic heterocycles. The minimum atomic E-state index is -0.636. The first-order chi connectivity index (χ1) is 22.1. The lowest BCUT2D eigenvalue weighted by molar-refractivity contribution is -0.139. The zero-order valence-electron chi connectivity index (χ0n) is 24.7. The van der Waals surface area contributed by atoms with Crippen molar-refractivity contribution in [3.05, 3.63) is 157 Å². The van der Waals surface area contributed by atoms with E-state index in [1.165, 1.54) is 27.6 Å². The third-order valence-electron chi connectivity index (χ3n) is 8.03. The van der Waals surface area contributed by atoms with Gasteiger partial charge in [0, 0.05) is 12.2 Å². The lowest BCUT2D eigenvalue weighted by atomic mass is 9.66. The number of ether oxygens (including phenoxy) is 4. The number of rotatable bonds is 12. The fourth-order valence-electron chi connectivity index (χ4n) is 6.17. The number of hydrogen-bond donors (Lipinski definition) is 0. The van der Waals surface area contributed by atoms with Gasteiger partial charge in [0.1, 0.15) is 37.9 Å². The van der Waals surface area contributed by atoms with E-state index in [0.717, 1.165) is 28.7 Å². The normalized spacial score (nSPS) is 12.4. The second kappa shape index (κ2) is 12.9. The number of carbonyl (C=O) groups excluding carboxylic acids is 2. The van der Waals surface area contributed by atoms with Crippen LogP contribution in [0, 0.1) is 0 Å². The van der Waals surface area contributed by atoms with Crippen LogP contribution in [0.2, 0.25) is 0 Å². The van der Waals surface area contributed by atoms with E-state index >= 15 is 0 Å². The minimum Gasteiger partial charge on any atom is -0.490 e. The zero-order valence-corrected chi connectivity index (χ0v) is 24.7. The first-order valence-corrected chi connectivity index (χ1v) is 14.7. The van der Waals surface area contributed by atoms with Gasteiger partial charge < -0.3 is 18.9 Å². The number of esters is 2. The molecule has 0 heterocycles. The van der Waals surface area contributed by atoms with Crippen molar-refractivity contribution in [1.29, 1.82) is 0 Å². The summed E-state index contributed by atoms with van der Waals surface area (Å²) in [5, 5.41) is 2.34. The Labute approximate surface area is 262 Å². The van der Waals surface area contributed by atoms with Crippen molar-refractivity contribution in [2.75, 3.05) is 26.4 Å². The number of carbonyl (C=O) groups is 2. The van der Waals surface area contributed by atoms with Crippen molar-refractivity contribution in [1.82, 2.24) is 0 Å². The van der Waals surface area contributed by atoms with E-state index < -0.39 is 17.4 Å². The maximum atomic E-state index is 11.4. The standard InChI is InChI=1S/C39H32O6/c1-3-36(40)44-25-23-42-30-18-14-28(15-19-30)39(29-16-20-31(21-17-29)43-24-26-45-37(41)4-2)35-12-8-7-11-33(35)34-22-13-27-9-5-6-10-32(27)38(34)39/h3-22H,1-2,23-26H2. The van der Waals surface area contributed by atoms with Crippen molar-refractivity contribution in [3.63, 3.8) is 0 Å². The first kappa shape index (κ1) is 29.5. The summed E-state index contributed by atoms with van der Waals surface area (Å²) in [6, 6.07) is 37.7. The predicted molar refractivity (Wildman–Crippen MR) is 175 cm³/mol. The van der Waals surface area contributed by atoms with Gasteiger partial charge in [-0.2, -0.15) is 0 Å². The second-order valence-corrected chi connectivity index (χ2v) is 10.5. The fourth-order valence-corrected chi connectivity index (χ4v) is 6.17. The van der Waals surface area contributed by atoms with Gasteiger partial charge in [0.25, 0.3) is 0 Å². The Balaban J connectivity index is 1.43. The summed E-state index contributed by atoms with van der Waals surface area (Å²) in [6.07, 6.45) is 2.27. The third kappa shape index (κ3) is 5.58. The van der Waals surface area contributed by atoms with Gasteiger partial charge in [-0.3, -0.25) is 0 Å². The van der Waals surface area contributed by atoms with Gasteiger partial charge in [-0.25, -0.2) is 9.59 Å². The molecule has 6 rings (SSSR count). The molecule has 0 saturated heterocycles. The minimum absolute atomic E-state index is 0.133. The fraction of sp³-hybridized carbons (Fsp3) is 0.128. The maximum absolute atomic E-state index is 11.4. The molecule has 0 unspecified atom stereocenters. The highest BCUT2D eigenvalue weighted by Crippen LogP contribution is 2.58. The van der Waals surface area contributed by atoms with E-state index in [1.54, 1.807) is 0 Å². The van der Waals surface area contributed by atoms with Crippen LogP contribution in [0.5, 0.6) is 11.5 Å². The Hall–Kier alpha value is -5.62. The smallest absolute Gasteiger partial charge is 0.330 e. The molecule has 224 valence electrons. The molecular weight excluding hydrogens is 564 g/mol. The average molecular weight is 597 g/mol. The Morgan fingerprint density at radius 1 is 0.578 bits per heavy atom. The van der Waals surface area contributed by atoms with E-state index in [4.69, 9.17) is 18.9 Å². The van der Waals surface area contributed by atoms with Crippen molar-refractivity contribution in [3.8, 4) is 22.6 Å². The van der Waals surface area contributed by atoms with Crippen molar-refractivity contribution >= 4 is 22.7 Å². The summed E-state index contributed by atoms with van der Waals surface area (Å²) >= 11 is 0. The van der Waals surface area contributed by atoms with Gasteiger partial charge in [-0.15, -0.1) is 0 Å². The molecule has 0 atom stereocenters.